The van der Waals surface area contributed by atoms with Gasteiger partial charge in [0.25, 0.3) is 0 Å². The number of hydrogen-bond acceptors (Lipinski definition) is 10. The molecule has 1 heterocycles. The Kier molecular flexibility index (Phi) is 8.36. The smallest absolute Gasteiger partial charge is 0.343 e. The van der Waals surface area contributed by atoms with Crippen LogP contribution in [0.4, 0.5) is 5.13 Å². The number of carbonyl (C=O) groups excluding carboxylic acids is 3. The topological polar surface area (TPSA) is 141 Å². The van der Waals surface area contributed by atoms with Gasteiger partial charge in [-0.2, -0.15) is 5.10 Å². The lowest BCUT2D eigenvalue weighted by Crippen LogP contribution is -2.32. The summed E-state index contributed by atoms with van der Waals surface area (Å²) in [7, 11) is 2.95. The second-order valence-corrected chi connectivity index (χ2v) is 8.44. The Balaban J connectivity index is 1.32. The number of hydrogen-bond donors (Lipinski definition) is 2. The molecule has 2 amide bonds. The second kappa shape index (κ2) is 12.2. The van der Waals surface area contributed by atoms with Crippen molar-refractivity contribution in [2.75, 3.05) is 19.5 Å². The third kappa shape index (κ3) is 6.56. The predicted octanol–water partition coefficient (Wildman–Crippen LogP) is 3.53. The Labute approximate surface area is 221 Å². The Morgan fingerprint density at radius 2 is 1.63 bits per heavy atom. The SMILES string of the molecule is COc1ccc(C(=O)Oc2ccc(/C=N\NC(=O)C(=O)Nc3nnc(-c4ccccc4)s3)cc2OC)cc1. The first-order valence-electron chi connectivity index (χ1n) is 11.0. The van der Waals surface area contributed by atoms with E-state index in [9.17, 15) is 14.4 Å². The molecule has 1 aromatic heterocycles. The largest absolute Gasteiger partial charge is 0.497 e. The maximum Gasteiger partial charge on any atom is 0.343 e. The lowest BCUT2D eigenvalue weighted by atomic mass is 10.2. The number of rotatable bonds is 8. The van der Waals surface area contributed by atoms with Gasteiger partial charge in [-0.05, 0) is 48.0 Å². The number of amides is 2. The summed E-state index contributed by atoms with van der Waals surface area (Å²) in [6.45, 7) is 0. The number of ether oxygens (including phenoxy) is 3. The van der Waals surface area contributed by atoms with Crippen molar-refractivity contribution in [1.29, 1.82) is 0 Å². The number of aromatic nitrogens is 2. The third-order valence-corrected chi connectivity index (χ3v) is 5.86. The van der Waals surface area contributed by atoms with E-state index >= 15 is 0 Å². The van der Waals surface area contributed by atoms with E-state index in [1.54, 1.807) is 36.4 Å². The summed E-state index contributed by atoms with van der Waals surface area (Å²) in [6, 6.07) is 20.5. The molecule has 0 saturated carbocycles. The van der Waals surface area contributed by atoms with Gasteiger partial charge < -0.3 is 14.2 Å². The van der Waals surface area contributed by atoms with Crippen molar-refractivity contribution in [3.05, 3.63) is 83.9 Å². The highest BCUT2D eigenvalue weighted by atomic mass is 32.1. The lowest BCUT2D eigenvalue weighted by molar-refractivity contribution is -0.136. The van der Waals surface area contributed by atoms with Crippen LogP contribution in [-0.2, 0) is 9.59 Å². The zero-order valence-corrected chi connectivity index (χ0v) is 21.0. The van der Waals surface area contributed by atoms with Crippen molar-refractivity contribution >= 4 is 40.5 Å². The second-order valence-electron chi connectivity index (χ2n) is 7.46. The van der Waals surface area contributed by atoms with Crippen LogP contribution in [0.3, 0.4) is 0 Å². The first-order chi connectivity index (χ1) is 18.5. The summed E-state index contributed by atoms with van der Waals surface area (Å²) in [6.07, 6.45) is 1.31. The molecule has 0 spiro atoms. The summed E-state index contributed by atoms with van der Waals surface area (Å²) in [4.78, 5) is 36.7. The number of anilines is 1. The minimum Gasteiger partial charge on any atom is -0.497 e. The number of nitrogens with one attached hydrogen (secondary N) is 2. The number of esters is 1. The maximum atomic E-state index is 12.4. The Hall–Kier alpha value is -5.10. The van der Waals surface area contributed by atoms with E-state index in [4.69, 9.17) is 14.2 Å². The zero-order valence-electron chi connectivity index (χ0n) is 20.2. The molecule has 192 valence electrons. The first-order valence-corrected chi connectivity index (χ1v) is 11.9. The van der Waals surface area contributed by atoms with Crippen molar-refractivity contribution in [1.82, 2.24) is 15.6 Å². The fraction of sp³-hybridized carbons (Fsp3) is 0.0769. The predicted molar refractivity (Wildman–Crippen MR) is 141 cm³/mol. The zero-order chi connectivity index (χ0) is 26.9. The van der Waals surface area contributed by atoms with E-state index < -0.39 is 17.8 Å². The minimum absolute atomic E-state index is 0.178. The molecule has 12 heteroatoms. The minimum atomic E-state index is -0.991. The van der Waals surface area contributed by atoms with Crippen LogP contribution < -0.4 is 25.0 Å². The summed E-state index contributed by atoms with van der Waals surface area (Å²) < 4.78 is 15.8. The summed E-state index contributed by atoms with van der Waals surface area (Å²) in [5.74, 6) is -1.43. The van der Waals surface area contributed by atoms with Gasteiger partial charge in [0.2, 0.25) is 5.13 Å². The van der Waals surface area contributed by atoms with Crippen molar-refractivity contribution in [2.45, 2.75) is 0 Å². The molecule has 0 fully saturated rings. The van der Waals surface area contributed by atoms with Crippen LogP contribution in [0.1, 0.15) is 15.9 Å². The number of carbonyl (C=O) groups is 3. The Bertz CT molecular complexity index is 1470. The Morgan fingerprint density at radius 1 is 0.868 bits per heavy atom. The molecule has 0 atom stereocenters. The fourth-order valence-corrected chi connectivity index (χ4v) is 3.82. The molecule has 38 heavy (non-hydrogen) atoms. The van der Waals surface area contributed by atoms with Crippen LogP contribution in [0, 0.1) is 0 Å². The van der Waals surface area contributed by atoms with Crippen LogP contribution in [0.25, 0.3) is 10.6 Å². The number of hydrazone groups is 1. The highest BCUT2D eigenvalue weighted by Gasteiger charge is 2.16. The fourth-order valence-electron chi connectivity index (χ4n) is 3.08. The first kappa shape index (κ1) is 26.0. The standard InChI is InChI=1S/C26H21N5O6S/c1-35-19-11-9-18(10-12-19)25(34)37-20-13-8-16(14-21(20)36-2)15-27-29-23(33)22(32)28-26-31-30-24(38-26)17-6-4-3-5-7-17/h3-15H,1-2H3,(H,29,33)(H,28,31,32)/b27-15-. The summed E-state index contributed by atoms with van der Waals surface area (Å²) in [5.41, 5.74) is 3.84. The normalized spacial score (nSPS) is 10.6. The van der Waals surface area contributed by atoms with Gasteiger partial charge >= 0.3 is 17.8 Å². The van der Waals surface area contributed by atoms with Gasteiger partial charge in [0.05, 0.1) is 26.0 Å². The average Bonchev–Trinajstić information content (AvgIpc) is 3.42. The van der Waals surface area contributed by atoms with E-state index in [0.717, 1.165) is 16.9 Å². The van der Waals surface area contributed by atoms with Crippen LogP contribution in [0.15, 0.2) is 77.9 Å². The molecule has 0 aliphatic heterocycles. The highest BCUT2D eigenvalue weighted by Crippen LogP contribution is 2.29. The molecular formula is C26H21N5O6S. The number of benzene rings is 3. The van der Waals surface area contributed by atoms with Crippen LogP contribution in [0.2, 0.25) is 0 Å². The number of methoxy groups -OCH3 is 2. The van der Waals surface area contributed by atoms with E-state index in [-0.39, 0.29) is 16.6 Å². The average molecular weight is 532 g/mol. The molecule has 11 nitrogen and oxygen atoms in total. The van der Waals surface area contributed by atoms with Crippen LogP contribution in [-0.4, -0.2) is 48.4 Å². The van der Waals surface area contributed by atoms with Crippen molar-refractivity contribution < 1.29 is 28.6 Å². The number of nitrogens with zero attached hydrogens (tertiary/aromatic N) is 3. The van der Waals surface area contributed by atoms with E-state index in [1.807, 2.05) is 30.3 Å². The monoisotopic (exact) mass is 531 g/mol. The quantitative estimate of drug-likeness (QED) is 0.116. The van der Waals surface area contributed by atoms with Gasteiger partial charge in [-0.1, -0.05) is 41.7 Å². The van der Waals surface area contributed by atoms with E-state index in [1.165, 1.54) is 26.5 Å². The van der Waals surface area contributed by atoms with Crippen molar-refractivity contribution in [3.8, 4) is 27.8 Å². The molecule has 2 N–H and O–H groups in total. The third-order valence-electron chi connectivity index (χ3n) is 4.97. The van der Waals surface area contributed by atoms with Gasteiger partial charge in [0.1, 0.15) is 10.8 Å². The van der Waals surface area contributed by atoms with Crippen molar-refractivity contribution in [3.63, 3.8) is 0 Å². The molecule has 0 saturated heterocycles. The molecule has 0 aliphatic rings. The molecule has 3 aromatic carbocycles. The van der Waals surface area contributed by atoms with Gasteiger partial charge in [-0.3, -0.25) is 14.9 Å². The lowest BCUT2D eigenvalue weighted by Gasteiger charge is -2.10. The Morgan fingerprint density at radius 3 is 2.34 bits per heavy atom. The van der Waals surface area contributed by atoms with Gasteiger partial charge in [-0.15, -0.1) is 10.2 Å². The van der Waals surface area contributed by atoms with E-state index in [0.29, 0.717) is 21.9 Å². The molecular weight excluding hydrogens is 510 g/mol. The molecule has 4 aromatic rings. The maximum absolute atomic E-state index is 12.4. The molecule has 0 radical (unpaired) electrons. The van der Waals surface area contributed by atoms with Gasteiger partial charge in [0.15, 0.2) is 11.5 Å². The van der Waals surface area contributed by atoms with Crippen molar-refractivity contribution in [2.24, 2.45) is 5.10 Å². The molecule has 0 unspecified atom stereocenters. The molecule has 0 bridgehead atoms. The summed E-state index contributed by atoms with van der Waals surface area (Å²) in [5, 5.41) is 14.9. The van der Waals surface area contributed by atoms with Crippen LogP contribution in [0.5, 0.6) is 17.2 Å². The molecule has 4 rings (SSSR count). The van der Waals surface area contributed by atoms with E-state index in [2.05, 4.69) is 26.0 Å². The highest BCUT2D eigenvalue weighted by molar-refractivity contribution is 7.18. The molecule has 0 aliphatic carbocycles. The van der Waals surface area contributed by atoms with Gasteiger partial charge in [0, 0.05) is 5.56 Å². The van der Waals surface area contributed by atoms with Crippen LogP contribution >= 0.6 is 11.3 Å². The van der Waals surface area contributed by atoms with Gasteiger partial charge in [-0.25, -0.2) is 10.2 Å². The summed E-state index contributed by atoms with van der Waals surface area (Å²) >= 11 is 1.13.